The van der Waals surface area contributed by atoms with Gasteiger partial charge in [-0.3, -0.25) is 14.5 Å². The summed E-state index contributed by atoms with van der Waals surface area (Å²) < 4.78 is 72.2. The zero-order valence-corrected chi connectivity index (χ0v) is 25.6. The van der Waals surface area contributed by atoms with E-state index in [2.05, 4.69) is 14.4 Å². The van der Waals surface area contributed by atoms with E-state index in [1.807, 2.05) is 0 Å². The number of alkyl halides is 2. The van der Waals surface area contributed by atoms with Crippen LogP contribution in [0.15, 0.2) is 54.9 Å². The molecule has 0 amide bonds. The highest BCUT2D eigenvalue weighted by molar-refractivity contribution is 7.92. The van der Waals surface area contributed by atoms with E-state index in [1.54, 1.807) is 0 Å². The quantitative estimate of drug-likeness (QED) is 0.200. The van der Waals surface area contributed by atoms with E-state index in [1.165, 1.54) is 54.9 Å². The second-order valence-electron chi connectivity index (χ2n) is 10.0. The molecule has 1 aliphatic rings. The summed E-state index contributed by atoms with van der Waals surface area (Å²) in [6, 6.07) is 10.2. The molecule has 0 unspecified atom stereocenters. The zero-order valence-electron chi connectivity index (χ0n) is 23.3. The fraction of sp³-hybridized carbons (Fsp3) is 0.345. The first-order valence-electron chi connectivity index (χ1n) is 13.3. The van der Waals surface area contributed by atoms with Crippen molar-refractivity contribution in [3.8, 4) is 11.5 Å². The molecule has 15 heteroatoms. The lowest BCUT2D eigenvalue weighted by Gasteiger charge is -2.21. The lowest BCUT2D eigenvalue weighted by molar-refractivity contribution is -0.162. The Hall–Kier alpha value is -3.68. The highest BCUT2D eigenvalue weighted by atomic mass is 35.5. The smallest absolute Gasteiger partial charge is 0.387 e. The largest absolute Gasteiger partial charge is 0.489 e. The molecule has 0 saturated heterocycles. The second kappa shape index (κ2) is 14.9. The van der Waals surface area contributed by atoms with Crippen LogP contribution in [-0.2, 0) is 41.9 Å². The van der Waals surface area contributed by atoms with Crippen molar-refractivity contribution in [1.29, 1.82) is 0 Å². The summed E-state index contributed by atoms with van der Waals surface area (Å²) >= 11 is 12.6. The predicted octanol–water partition coefficient (Wildman–Crippen LogP) is 5.76. The Morgan fingerprint density at radius 1 is 1.02 bits per heavy atom. The molecule has 1 atom stereocenters. The summed E-state index contributed by atoms with van der Waals surface area (Å²) in [5.74, 6) is -1.44. The van der Waals surface area contributed by atoms with E-state index in [0.717, 1.165) is 19.1 Å². The zero-order chi connectivity index (χ0) is 31.9. The van der Waals surface area contributed by atoms with Crippen LogP contribution in [0.1, 0.15) is 35.6 Å². The number of carbonyl (C=O) groups excluding carboxylic acids is 2. The summed E-state index contributed by atoms with van der Waals surface area (Å²) in [7, 11) is -3.45. The van der Waals surface area contributed by atoms with Crippen LogP contribution in [0.2, 0.25) is 10.0 Å². The normalized spacial score (nSPS) is 13.7. The maximum absolute atomic E-state index is 13.0. The monoisotopic (exact) mass is 672 g/mol. The minimum absolute atomic E-state index is 0.0230. The highest BCUT2D eigenvalue weighted by Crippen LogP contribution is 2.37. The first-order valence-corrected chi connectivity index (χ1v) is 15.9. The van der Waals surface area contributed by atoms with Crippen molar-refractivity contribution in [2.45, 2.75) is 38.4 Å². The molecule has 1 fully saturated rings. The molecular formula is C29H28Cl2F2N2O8S. The van der Waals surface area contributed by atoms with Gasteiger partial charge in [-0.05, 0) is 59.7 Å². The number of ether oxygens (including phenoxy) is 4. The Labute approximate surface area is 262 Å². The minimum atomic E-state index is -3.45. The van der Waals surface area contributed by atoms with Gasteiger partial charge in [0.05, 0.1) is 29.3 Å². The third-order valence-electron chi connectivity index (χ3n) is 6.30. The molecule has 1 saturated carbocycles. The summed E-state index contributed by atoms with van der Waals surface area (Å²) in [6.45, 7) is -3.50. The molecule has 0 radical (unpaired) electrons. The molecule has 3 aromatic rings. The van der Waals surface area contributed by atoms with Gasteiger partial charge in [0.2, 0.25) is 10.0 Å². The molecule has 1 aromatic heterocycles. The van der Waals surface area contributed by atoms with Crippen molar-refractivity contribution in [3.05, 3.63) is 81.6 Å². The molecule has 4 rings (SSSR count). The maximum atomic E-state index is 13.0. The summed E-state index contributed by atoms with van der Waals surface area (Å²) in [5.41, 5.74) is 1.62. The van der Waals surface area contributed by atoms with Crippen LogP contribution in [0.4, 0.5) is 14.5 Å². The standard InChI is InChI=1S/C29H28Cl2F2N2O8S/c1-44(38,39)35-20-7-4-17(5-8-20)10-27(36)41-16-28(37)42-25(12-21-22(30)13-34-14-23(21)31)19-6-9-24(43-29(32)33)26(11-19)40-15-18-2-3-18/h4-9,11,13-14,18,25,29,35H,2-3,10,12,15-16H2,1H3/t25-/m0/s1. The molecule has 1 aliphatic carbocycles. The van der Waals surface area contributed by atoms with Gasteiger partial charge in [0, 0.05) is 24.5 Å². The van der Waals surface area contributed by atoms with Crippen molar-refractivity contribution in [3.63, 3.8) is 0 Å². The summed E-state index contributed by atoms with van der Waals surface area (Å²) in [4.78, 5) is 29.2. The number of aromatic nitrogens is 1. The average molecular weight is 674 g/mol. The molecule has 1 N–H and O–H groups in total. The van der Waals surface area contributed by atoms with Gasteiger partial charge in [-0.15, -0.1) is 0 Å². The second-order valence-corrected chi connectivity index (χ2v) is 12.6. The van der Waals surface area contributed by atoms with Crippen LogP contribution in [0.3, 0.4) is 0 Å². The molecule has 10 nitrogen and oxygen atoms in total. The fourth-order valence-electron chi connectivity index (χ4n) is 4.02. The van der Waals surface area contributed by atoms with Crippen LogP contribution >= 0.6 is 23.2 Å². The van der Waals surface area contributed by atoms with E-state index < -0.39 is 41.3 Å². The minimum Gasteiger partial charge on any atom is -0.489 e. The summed E-state index contributed by atoms with van der Waals surface area (Å²) in [5, 5.41) is 0.427. The van der Waals surface area contributed by atoms with E-state index in [-0.39, 0.29) is 34.4 Å². The number of halogens is 4. The molecule has 44 heavy (non-hydrogen) atoms. The van der Waals surface area contributed by atoms with E-state index in [4.69, 9.17) is 37.4 Å². The lowest BCUT2D eigenvalue weighted by atomic mass is 10.0. The van der Waals surface area contributed by atoms with Crippen molar-refractivity contribution in [2.75, 3.05) is 24.2 Å². The Bertz CT molecular complexity index is 1570. The number of hydrogen-bond acceptors (Lipinski definition) is 9. The number of sulfonamides is 1. The van der Waals surface area contributed by atoms with Crippen LogP contribution in [0.25, 0.3) is 0 Å². The number of anilines is 1. The molecule has 0 aliphatic heterocycles. The maximum Gasteiger partial charge on any atom is 0.387 e. The molecular weight excluding hydrogens is 645 g/mol. The van der Waals surface area contributed by atoms with Gasteiger partial charge in [-0.25, -0.2) is 13.2 Å². The number of pyridine rings is 1. The highest BCUT2D eigenvalue weighted by Gasteiger charge is 2.26. The molecule has 1 heterocycles. The van der Waals surface area contributed by atoms with Crippen molar-refractivity contribution in [2.24, 2.45) is 5.92 Å². The van der Waals surface area contributed by atoms with Crippen LogP contribution in [-0.4, -0.2) is 51.4 Å². The van der Waals surface area contributed by atoms with Gasteiger partial charge in [-0.1, -0.05) is 41.4 Å². The fourth-order valence-corrected chi connectivity index (χ4v) is 5.11. The first-order chi connectivity index (χ1) is 20.9. The number of nitrogens with one attached hydrogen (secondary N) is 1. The molecule has 2 aromatic carbocycles. The SMILES string of the molecule is CS(=O)(=O)Nc1ccc(CC(=O)OCC(=O)O[C@@H](Cc2c(Cl)cncc2Cl)c2ccc(OC(F)F)c(OCC3CC3)c2)cc1. The number of benzene rings is 2. The van der Waals surface area contributed by atoms with E-state index >= 15 is 0 Å². The van der Waals surface area contributed by atoms with Gasteiger partial charge in [0.25, 0.3) is 0 Å². The third kappa shape index (κ3) is 10.5. The van der Waals surface area contributed by atoms with Crippen LogP contribution < -0.4 is 14.2 Å². The van der Waals surface area contributed by atoms with Gasteiger partial charge in [-0.2, -0.15) is 8.78 Å². The lowest BCUT2D eigenvalue weighted by Crippen LogP contribution is -2.21. The Morgan fingerprint density at radius 3 is 2.32 bits per heavy atom. The number of carbonyl (C=O) groups is 2. The van der Waals surface area contributed by atoms with Gasteiger partial charge < -0.3 is 18.9 Å². The number of esters is 2. The van der Waals surface area contributed by atoms with Crippen molar-refractivity contribution < 1.29 is 45.7 Å². The topological polar surface area (TPSA) is 130 Å². The van der Waals surface area contributed by atoms with Crippen molar-refractivity contribution in [1.82, 2.24) is 4.98 Å². The van der Waals surface area contributed by atoms with E-state index in [0.29, 0.717) is 34.9 Å². The van der Waals surface area contributed by atoms with Gasteiger partial charge >= 0.3 is 18.6 Å². The van der Waals surface area contributed by atoms with Crippen LogP contribution in [0.5, 0.6) is 11.5 Å². The predicted molar refractivity (Wildman–Crippen MR) is 158 cm³/mol. The Balaban J connectivity index is 1.46. The average Bonchev–Trinajstić information content (AvgIpc) is 3.77. The van der Waals surface area contributed by atoms with Crippen molar-refractivity contribution >= 4 is 50.9 Å². The Morgan fingerprint density at radius 2 is 1.70 bits per heavy atom. The number of hydrogen-bond donors (Lipinski definition) is 1. The third-order valence-corrected chi connectivity index (χ3v) is 7.56. The first kappa shape index (κ1) is 33.2. The van der Waals surface area contributed by atoms with Gasteiger partial charge in [0.1, 0.15) is 6.10 Å². The number of nitrogens with zero attached hydrogens (tertiary/aromatic N) is 1. The van der Waals surface area contributed by atoms with Crippen LogP contribution in [0, 0.1) is 5.92 Å². The van der Waals surface area contributed by atoms with Gasteiger partial charge in [0.15, 0.2) is 18.1 Å². The number of rotatable bonds is 15. The Kier molecular flexibility index (Phi) is 11.2. The summed E-state index contributed by atoms with van der Waals surface area (Å²) in [6.07, 6.45) is 4.44. The molecule has 0 bridgehead atoms. The molecule has 0 spiro atoms. The molecule has 236 valence electrons. The van der Waals surface area contributed by atoms with E-state index in [9.17, 15) is 26.8 Å².